The van der Waals surface area contributed by atoms with Crippen LogP contribution in [0.1, 0.15) is 37.3 Å². The number of carbonyl (C=O) groups is 2. The number of hydrogen-bond acceptors (Lipinski definition) is 5. The van der Waals surface area contributed by atoms with Gasteiger partial charge in [0.1, 0.15) is 0 Å². The van der Waals surface area contributed by atoms with E-state index in [2.05, 4.69) is 5.32 Å². The molecule has 1 amide bonds. The Morgan fingerprint density at radius 2 is 1.75 bits per heavy atom. The highest BCUT2D eigenvalue weighted by molar-refractivity contribution is 7.89. The molecule has 0 aliphatic heterocycles. The SMILES string of the molecule is CC(C)c1ccccc1NC(=O)COC(=O)CCNS(=O)(=O)c1cccc(C(F)(F)F)c1. The summed E-state index contributed by atoms with van der Waals surface area (Å²) >= 11 is 0. The Labute approximate surface area is 184 Å². The standard InChI is InChI=1S/C21H23F3N2O5S/c1-14(2)17-8-3-4-9-18(17)26-19(27)13-31-20(28)10-11-25-32(29,30)16-7-5-6-15(12-16)21(22,23)24/h3-9,12,14,25H,10-11,13H2,1-2H3,(H,26,27). The van der Waals surface area contributed by atoms with Crippen LogP contribution in [0.2, 0.25) is 0 Å². The topological polar surface area (TPSA) is 102 Å². The van der Waals surface area contributed by atoms with Crippen molar-refractivity contribution in [3.63, 3.8) is 0 Å². The zero-order valence-corrected chi connectivity index (χ0v) is 18.2. The van der Waals surface area contributed by atoms with Crippen molar-refractivity contribution in [3.05, 3.63) is 59.7 Å². The Morgan fingerprint density at radius 1 is 1.06 bits per heavy atom. The molecule has 0 fully saturated rings. The summed E-state index contributed by atoms with van der Waals surface area (Å²) in [5.74, 6) is -1.24. The van der Waals surface area contributed by atoms with Gasteiger partial charge in [0.05, 0.1) is 16.9 Å². The molecule has 11 heteroatoms. The van der Waals surface area contributed by atoms with Gasteiger partial charge in [0.25, 0.3) is 5.91 Å². The molecule has 7 nitrogen and oxygen atoms in total. The van der Waals surface area contributed by atoms with Crippen LogP contribution in [0.3, 0.4) is 0 Å². The third kappa shape index (κ3) is 7.34. The molecule has 0 bridgehead atoms. The second-order valence-corrected chi connectivity index (χ2v) is 8.89. The van der Waals surface area contributed by atoms with E-state index in [0.29, 0.717) is 11.8 Å². The molecule has 2 aromatic carbocycles. The van der Waals surface area contributed by atoms with Crippen molar-refractivity contribution in [1.82, 2.24) is 4.72 Å². The summed E-state index contributed by atoms with van der Waals surface area (Å²) in [4.78, 5) is 23.2. The number of para-hydroxylation sites is 1. The average molecular weight is 472 g/mol. The van der Waals surface area contributed by atoms with Crippen molar-refractivity contribution in [1.29, 1.82) is 0 Å². The summed E-state index contributed by atoms with van der Waals surface area (Å²) in [6.07, 6.45) is -5.10. The van der Waals surface area contributed by atoms with Crippen molar-refractivity contribution < 1.29 is 35.9 Å². The zero-order chi connectivity index (χ0) is 23.9. The van der Waals surface area contributed by atoms with Gasteiger partial charge in [-0.2, -0.15) is 13.2 Å². The monoisotopic (exact) mass is 472 g/mol. The number of benzene rings is 2. The van der Waals surface area contributed by atoms with E-state index in [1.165, 1.54) is 0 Å². The van der Waals surface area contributed by atoms with Gasteiger partial charge in [-0.1, -0.05) is 38.1 Å². The maximum absolute atomic E-state index is 12.8. The van der Waals surface area contributed by atoms with Crippen molar-refractivity contribution >= 4 is 27.6 Å². The quantitative estimate of drug-likeness (QED) is 0.542. The van der Waals surface area contributed by atoms with E-state index in [1.807, 2.05) is 30.7 Å². The van der Waals surface area contributed by atoms with Gasteiger partial charge >= 0.3 is 12.1 Å². The van der Waals surface area contributed by atoms with Crippen LogP contribution in [-0.4, -0.2) is 33.4 Å². The number of anilines is 1. The van der Waals surface area contributed by atoms with Crippen LogP contribution in [0.25, 0.3) is 0 Å². The number of esters is 1. The summed E-state index contributed by atoms with van der Waals surface area (Å²) in [6, 6.07) is 10.4. The minimum absolute atomic E-state index is 0.166. The number of amides is 1. The molecule has 0 aromatic heterocycles. The number of alkyl halides is 3. The Morgan fingerprint density at radius 3 is 2.41 bits per heavy atom. The van der Waals surface area contributed by atoms with Gasteiger partial charge in [0, 0.05) is 12.2 Å². The van der Waals surface area contributed by atoms with Crippen molar-refractivity contribution in [2.24, 2.45) is 0 Å². The van der Waals surface area contributed by atoms with E-state index in [9.17, 15) is 31.2 Å². The van der Waals surface area contributed by atoms with Gasteiger partial charge in [0.15, 0.2) is 6.61 Å². The summed E-state index contributed by atoms with van der Waals surface area (Å²) < 4.78 is 69.4. The molecule has 0 radical (unpaired) electrons. The van der Waals surface area contributed by atoms with E-state index >= 15 is 0 Å². The Bertz CT molecular complexity index is 1070. The van der Waals surface area contributed by atoms with E-state index < -0.39 is 58.1 Å². The van der Waals surface area contributed by atoms with Gasteiger partial charge in [-0.3, -0.25) is 9.59 Å². The molecule has 0 saturated heterocycles. The molecule has 2 aromatic rings. The largest absolute Gasteiger partial charge is 0.456 e. The lowest BCUT2D eigenvalue weighted by atomic mass is 10.0. The van der Waals surface area contributed by atoms with Crippen LogP contribution >= 0.6 is 0 Å². The predicted octanol–water partition coefficient (Wildman–Crippen LogP) is 3.68. The molecule has 0 aliphatic rings. The number of halogens is 3. The first-order chi connectivity index (χ1) is 14.9. The molecule has 0 spiro atoms. The molecular weight excluding hydrogens is 449 g/mol. The highest BCUT2D eigenvalue weighted by Gasteiger charge is 2.31. The van der Waals surface area contributed by atoms with Gasteiger partial charge in [-0.25, -0.2) is 13.1 Å². The lowest BCUT2D eigenvalue weighted by Crippen LogP contribution is -2.28. The van der Waals surface area contributed by atoms with Crippen molar-refractivity contribution in [2.45, 2.75) is 37.3 Å². The number of hydrogen-bond donors (Lipinski definition) is 2. The second kappa shape index (κ2) is 10.6. The molecular formula is C21H23F3N2O5S. The number of ether oxygens (including phenoxy) is 1. The second-order valence-electron chi connectivity index (χ2n) is 7.12. The summed E-state index contributed by atoms with van der Waals surface area (Å²) in [5.41, 5.74) is 0.401. The first-order valence-corrected chi connectivity index (χ1v) is 11.1. The number of sulfonamides is 1. The first kappa shape index (κ1) is 25.3. The minimum atomic E-state index is -4.69. The Kier molecular flexibility index (Phi) is 8.39. The van der Waals surface area contributed by atoms with Crippen LogP contribution in [0.15, 0.2) is 53.4 Å². The summed E-state index contributed by atoms with van der Waals surface area (Å²) in [5, 5.41) is 2.65. The lowest BCUT2D eigenvalue weighted by Gasteiger charge is -2.13. The fraction of sp³-hybridized carbons (Fsp3) is 0.333. The Hall–Kier alpha value is -2.92. The molecule has 174 valence electrons. The molecule has 0 heterocycles. The number of carbonyl (C=O) groups excluding carboxylic acids is 2. The van der Waals surface area contributed by atoms with Gasteiger partial charge < -0.3 is 10.1 Å². The van der Waals surface area contributed by atoms with Crippen LogP contribution in [-0.2, 0) is 30.5 Å². The summed E-state index contributed by atoms with van der Waals surface area (Å²) in [7, 11) is -4.26. The molecule has 0 aliphatic carbocycles. The number of nitrogens with one attached hydrogen (secondary N) is 2. The fourth-order valence-corrected chi connectivity index (χ4v) is 3.81. The van der Waals surface area contributed by atoms with E-state index in [4.69, 9.17) is 4.74 Å². The zero-order valence-electron chi connectivity index (χ0n) is 17.4. The third-order valence-corrected chi connectivity index (χ3v) is 5.77. The smallest absolute Gasteiger partial charge is 0.416 e. The fourth-order valence-electron chi connectivity index (χ4n) is 2.73. The van der Waals surface area contributed by atoms with Crippen LogP contribution < -0.4 is 10.0 Å². The van der Waals surface area contributed by atoms with E-state index in [-0.39, 0.29) is 5.92 Å². The first-order valence-electron chi connectivity index (χ1n) is 9.61. The van der Waals surface area contributed by atoms with Crippen molar-refractivity contribution in [3.8, 4) is 0 Å². The normalized spacial score (nSPS) is 11.9. The molecule has 0 atom stereocenters. The lowest BCUT2D eigenvalue weighted by molar-refractivity contribution is -0.147. The van der Waals surface area contributed by atoms with Crippen LogP contribution in [0.5, 0.6) is 0 Å². The number of rotatable bonds is 9. The maximum atomic E-state index is 12.8. The van der Waals surface area contributed by atoms with E-state index in [0.717, 1.165) is 23.8 Å². The van der Waals surface area contributed by atoms with Crippen LogP contribution in [0, 0.1) is 0 Å². The third-order valence-electron chi connectivity index (χ3n) is 4.31. The van der Waals surface area contributed by atoms with Crippen LogP contribution in [0.4, 0.5) is 18.9 Å². The molecule has 2 N–H and O–H groups in total. The van der Waals surface area contributed by atoms with E-state index in [1.54, 1.807) is 12.1 Å². The Balaban J connectivity index is 1.83. The predicted molar refractivity (Wildman–Crippen MR) is 111 cm³/mol. The highest BCUT2D eigenvalue weighted by atomic mass is 32.2. The molecule has 0 saturated carbocycles. The average Bonchev–Trinajstić information content (AvgIpc) is 2.72. The van der Waals surface area contributed by atoms with Crippen molar-refractivity contribution in [2.75, 3.05) is 18.5 Å². The van der Waals surface area contributed by atoms with Gasteiger partial charge in [-0.15, -0.1) is 0 Å². The summed E-state index contributed by atoms with van der Waals surface area (Å²) in [6.45, 7) is 2.96. The molecule has 32 heavy (non-hydrogen) atoms. The highest BCUT2D eigenvalue weighted by Crippen LogP contribution is 2.30. The van der Waals surface area contributed by atoms with Gasteiger partial charge in [0.2, 0.25) is 10.0 Å². The molecule has 0 unspecified atom stereocenters. The molecule has 2 rings (SSSR count). The van der Waals surface area contributed by atoms with Gasteiger partial charge in [-0.05, 0) is 35.7 Å². The minimum Gasteiger partial charge on any atom is -0.456 e. The maximum Gasteiger partial charge on any atom is 0.416 e.